The van der Waals surface area contributed by atoms with Gasteiger partial charge in [0, 0.05) is 16.8 Å². The van der Waals surface area contributed by atoms with E-state index in [4.69, 9.17) is 4.74 Å². The molecule has 0 radical (unpaired) electrons. The van der Waals surface area contributed by atoms with Gasteiger partial charge in [0.15, 0.2) is 0 Å². The van der Waals surface area contributed by atoms with Crippen LogP contribution in [-0.4, -0.2) is 27.2 Å². The summed E-state index contributed by atoms with van der Waals surface area (Å²) in [5.74, 6) is -0.318. The molecular weight excluding hydrogens is 443 g/mol. The highest BCUT2D eigenvalue weighted by atomic mass is 32.2. The van der Waals surface area contributed by atoms with Crippen molar-refractivity contribution >= 4 is 27.3 Å². The van der Waals surface area contributed by atoms with Crippen molar-refractivity contribution in [3.63, 3.8) is 0 Å². The predicted molar refractivity (Wildman–Crippen MR) is 129 cm³/mol. The van der Waals surface area contributed by atoms with Crippen LogP contribution in [0.2, 0.25) is 0 Å². The lowest BCUT2D eigenvalue weighted by atomic mass is 10.1. The third kappa shape index (κ3) is 6.32. The van der Waals surface area contributed by atoms with E-state index in [9.17, 15) is 17.6 Å². The molecule has 0 aliphatic heterocycles. The van der Waals surface area contributed by atoms with Crippen molar-refractivity contribution in [1.82, 2.24) is 0 Å². The van der Waals surface area contributed by atoms with Gasteiger partial charge in [0.2, 0.25) is 10.0 Å². The Bertz CT molecular complexity index is 1210. The highest BCUT2D eigenvalue weighted by Gasteiger charge is 2.21. The number of benzene rings is 3. The summed E-state index contributed by atoms with van der Waals surface area (Å²) < 4.78 is 45.2. The zero-order chi connectivity index (χ0) is 24.0. The first kappa shape index (κ1) is 24.3. The second kappa shape index (κ2) is 10.5. The molecule has 0 bridgehead atoms. The van der Waals surface area contributed by atoms with Crippen molar-refractivity contribution in [3.05, 3.63) is 89.2 Å². The molecule has 0 saturated heterocycles. The van der Waals surface area contributed by atoms with Crippen molar-refractivity contribution in [2.45, 2.75) is 26.8 Å². The van der Waals surface area contributed by atoms with E-state index in [2.05, 4.69) is 12.2 Å². The molecule has 1 amide bonds. The molecule has 0 unspecified atom stereocenters. The maximum absolute atomic E-state index is 13.4. The number of nitrogens with zero attached hydrogens (tertiary/aromatic N) is 1. The highest BCUT2D eigenvalue weighted by Crippen LogP contribution is 2.27. The average Bonchev–Trinajstić information content (AvgIpc) is 2.79. The van der Waals surface area contributed by atoms with Crippen molar-refractivity contribution in [3.8, 4) is 5.75 Å². The van der Waals surface area contributed by atoms with E-state index in [1.807, 2.05) is 31.2 Å². The number of anilines is 2. The zero-order valence-corrected chi connectivity index (χ0v) is 19.7. The van der Waals surface area contributed by atoms with Crippen molar-refractivity contribution in [2.24, 2.45) is 0 Å². The minimum absolute atomic E-state index is 0.0773. The maximum atomic E-state index is 13.4. The van der Waals surface area contributed by atoms with E-state index >= 15 is 0 Å². The van der Waals surface area contributed by atoms with Crippen LogP contribution in [0.15, 0.2) is 66.7 Å². The number of sulfonamides is 1. The molecule has 174 valence electrons. The zero-order valence-electron chi connectivity index (χ0n) is 18.8. The quantitative estimate of drug-likeness (QED) is 0.477. The van der Waals surface area contributed by atoms with Crippen LogP contribution in [0.4, 0.5) is 15.8 Å². The van der Waals surface area contributed by atoms with Gasteiger partial charge in [0.1, 0.15) is 11.6 Å². The Morgan fingerprint density at radius 2 is 1.67 bits per heavy atom. The number of ether oxygens (including phenoxy) is 1. The van der Waals surface area contributed by atoms with Crippen LogP contribution in [0.25, 0.3) is 0 Å². The smallest absolute Gasteiger partial charge is 0.255 e. The molecular formula is C25H27FN2O4S. The van der Waals surface area contributed by atoms with Crippen LogP contribution in [0, 0.1) is 5.82 Å². The Hall–Kier alpha value is -3.39. The molecule has 0 heterocycles. The molecule has 3 aromatic carbocycles. The first-order chi connectivity index (χ1) is 15.7. The first-order valence-corrected chi connectivity index (χ1v) is 12.5. The van der Waals surface area contributed by atoms with E-state index in [-0.39, 0.29) is 12.5 Å². The number of hydrogen-bond acceptors (Lipinski definition) is 4. The summed E-state index contributed by atoms with van der Waals surface area (Å²) in [5, 5.41) is 2.86. The van der Waals surface area contributed by atoms with Gasteiger partial charge < -0.3 is 10.1 Å². The average molecular weight is 471 g/mol. The summed E-state index contributed by atoms with van der Waals surface area (Å²) in [6.45, 7) is 4.17. The molecule has 0 fully saturated rings. The topological polar surface area (TPSA) is 75.7 Å². The first-order valence-electron chi connectivity index (χ1n) is 10.6. The Labute approximate surface area is 194 Å². The fraction of sp³-hybridized carbons (Fsp3) is 0.240. The monoisotopic (exact) mass is 470 g/mol. The van der Waals surface area contributed by atoms with Gasteiger partial charge in [-0.3, -0.25) is 9.10 Å². The summed E-state index contributed by atoms with van der Waals surface area (Å²) in [4.78, 5) is 12.9. The Morgan fingerprint density at radius 1 is 1.00 bits per heavy atom. The van der Waals surface area contributed by atoms with Crippen LogP contribution in [-0.2, 0) is 23.0 Å². The van der Waals surface area contributed by atoms with E-state index in [0.717, 1.165) is 22.5 Å². The second-order valence-electron chi connectivity index (χ2n) is 7.51. The largest absolute Gasteiger partial charge is 0.494 e. The van der Waals surface area contributed by atoms with Crippen LogP contribution in [0.5, 0.6) is 5.75 Å². The van der Waals surface area contributed by atoms with Crippen molar-refractivity contribution in [2.75, 3.05) is 22.5 Å². The van der Waals surface area contributed by atoms with Gasteiger partial charge in [-0.1, -0.05) is 19.1 Å². The number of aryl methyl sites for hydroxylation is 1. The summed E-state index contributed by atoms with van der Waals surface area (Å²) in [5.41, 5.74) is 3.02. The van der Waals surface area contributed by atoms with Crippen molar-refractivity contribution < 1.29 is 22.3 Å². The van der Waals surface area contributed by atoms with E-state index in [0.29, 0.717) is 34.9 Å². The molecule has 0 saturated carbocycles. The molecule has 6 nitrogen and oxygen atoms in total. The van der Waals surface area contributed by atoms with Gasteiger partial charge >= 0.3 is 0 Å². The number of carbonyl (C=O) groups excluding carboxylic acids is 1. The molecule has 0 atom stereocenters. The molecule has 8 heteroatoms. The Morgan fingerprint density at radius 3 is 2.24 bits per heavy atom. The van der Waals surface area contributed by atoms with Crippen molar-refractivity contribution in [1.29, 1.82) is 0 Å². The lowest BCUT2D eigenvalue weighted by molar-refractivity contribution is 0.102. The minimum atomic E-state index is -3.69. The minimum Gasteiger partial charge on any atom is -0.494 e. The summed E-state index contributed by atoms with van der Waals surface area (Å²) in [7, 11) is -3.69. The van der Waals surface area contributed by atoms with Gasteiger partial charge in [-0.05, 0) is 73.5 Å². The van der Waals surface area contributed by atoms with Gasteiger partial charge in [0.25, 0.3) is 5.91 Å². The van der Waals surface area contributed by atoms with E-state index in [1.165, 1.54) is 24.3 Å². The summed E-state index contributed by atoms with van der Waals surface area (Å²) in [6.07, 6.45) is 1.98. The third-order valence-electron chi connectivity index (χ3n) is 5.07. The van der Waals surface area contributed by atoms with Gasteiger partial charge in [0.05, 0.1) is 25.1 Å². The van der Waals surface area contributed by atoms with Crippen LogP contribution >= 0.6 is 0 Å². The van der Waals surface area contributed by atoms with E-state index in [1.54, 1.807) is 18.2 Å². The lowest BCUT2D eigenvalue weighted by Crippen LogP contribution is -2.29. The molecule has 0 spiro atoms. The molecule has 0 aromatic heterocycles. The van der Waals surface area contributed by atoms with E-state index < -0.39 is 15.8 Å². The summed E-state index contributed by atoms with van der Waals surface area (Å²) in [6, 6.07) is 17.7. The standard InChI is InChI=1S/C25H27FN2O4S/c1-4-18-6-11-22(12-7-18)27-25(29)19-8-15-24(32-5-2)20(16-19)17-28(33(3,30)31)23-13-9-21(26)10-14-23/h6-16H,4-5,17H2,1-3H3,(H,27,29). The van der Waals surface area contributed by atoms with Gasteiger partial charge in [-0.15, -0.1) is 0 Å². The number of amides is 1. The lowest BCUT2D eigenvalue weighted by Gasteiger charge is -2.24. The molecule has 33 heavy (non-hydrogen) atoms. The Balaban J connectivity index is 1.92. The number of hydrogen-bond donors (Lipinski definition) is 1. The predicted octanol–water partition coefficient (Wildman–Crippen LogP) is 5.01. The number of rotatable bonds is 9. The second-order valence-corrected chi connectivity index (χ2v) is 9.41. The number of halogens is 1. The molecule has 1 N–H and O–H groups in total. The molecule has 3 rings (SSSR count). The van der Waals surface area contributed by atoms with Gasteiger partial charge in [-0.25, -0.2) is 12.8 Å². The molecule has 3 aromatic rings. The SMILES string of the molecule is CCOc1ccc(C(=O)Nc2ccc(CC)cc2)cc1CN(c1ccc(F)cc1)S(C)(=O)=O. The summed E-state index contributed by atoms with van der Waals surface area (Å²) >= 11 is 0. The number of nitrogens with one attached hydrogen (secondary N) is 1. The maximum Gasteiger partial charge on any atom is 0.255 e. The number of carbonyl (C=O) groups is 1. The van der Waals surface area contributed by atoms with Crippen LogP contribution in [0.3, 0.4) is 0 Å². The molecule has 0 aliphatic rings. The third-order valence-corrected chi connectivity index (χ3v) is 6.21. The Kier molecular flexibility index (Phi) is 7.71. The van der Waals surface area contributed by atoms with Crippen LogP contribution in [0.1, 0.15) is 35.3 Å². The molecule has 0 aliphatic carbocycles. The van der Waals surface area contributed by atoms with Gasteiger partial charge in [-0.2, -0.15) is 0 Å². The fourth-order valence-electron chi connectivity index (χ4n) is 3.33. The normalized spacial score (nSPS) is 11.2. The van der Waals surface area contributed by atoms with Crippen LogP contribution < -0.4 is 14.4 Å². The highest BCUT2D eigenvalue weighted by molar-refractivity contribution is 7.92. The fourth-order valence-corrected chi connectivity index (χ4v) is 4.21.